The Morgan fingerprint density at radius 1 is 1.38 bits per heavy atom. The van der Waals surface area contributed by atoms with Crippen LogP contribution in [-0.2, 0) is 4.79 Å². The second-order valence-electron chi connectivity index (χ2n) is 6.03. The van der Waals surface area contributed by atoms with E-state index < -0.39 is 0 Å². The maximum Gasteiger partial charge on any atom is 0.152 e. The normalized spacial score (nSPS) is 22.1. The third-order valence-corrected chi connectivity index (χ3v) is 3.52. The van der Waals surface area contributed by atoms with E-state index in [-0.39, 0.29) is 11.5 Å². The molecule has 1 aliphatic rings. The van der Waals surface area contributed by atoms with Gasteiger partial charge in [-0.05, 0) is 38.8 Å². The summed E-state index contributed by atoms with van der Waals surface area (Å²) < 4.78 is 0. The summed E-state index contributed by atoms with van der Waals surface area (Å²) >= 11 is 0. The second kappa shape index (κ2) is 5.28. The molecular weight excluding hydrogens is 202 g/mol. The smallest absolute Gasteiger partial charge is 0.152 e. The molecule has 3 heteroatoms. The van der Waals surface area contributed by atoms with Gasteiger partial charge in [0.1, 0.15) is 0 Å². The number of aliphatic hydroxyl groups excluding tert-OH is 1. The van der Waals surface area contributed by atoms with E-state index in [4.69, 9.17) is 0 Å². The molecule has 3 nitrogen and oxygen atoms in total. The number of Topliss-reactive ketones (excluding diaryl/α,β-unsaturated/α-hetero) is 1. The molecule has 1 atom stereocenters. The van der Waals surface area contributed by atoms with E-state index in [1.54, 1.807) is 0 Å². The van der Waals surface area contributed by atoms with Gasteiger partial charge in [-0.15, -0.1) is 0 Å². The van der Waals surface area contributed by atoms with Gasteiger partial charge in [-0.1, -0.05) is 20.8 Å². The maximum atomic E-state index is 11.9. The van der Waals surface area contributed by atoms with E-state index >= 15 is 0 Å². The summed E-state index contributed by atoms with van der Waals surface area (Å²) in [5, 5.41) is 9.49. The van der Waals surface area contributed by atoms with Gasteiger partial charge in [0.25, 0.3) is 0 Å². The second-order valence-corrected chi connectivity index (χ2v) is 6.03. The highest BCUT2D eigenvalue weighted by Crippen LogP contribution is 2.22. The van der Waals surface area contributed by atoms with Crippen LogP contribution in [0.5, 0.6) is 0 Å². The summed E-state index contributed by atoms with van der Waals surface area (Å²) in [5.41, 5.74) is -0.235. The van der Waals surface area contributed by atoms with Crippen molar-refractivity contribution >= 4 is 5.78 Å². The van der Waals surface area contributed by atoms with Crippen LogP contribution in [0, 0.1) is 11.3 Å². The number of carbonyl (C=O) groups is 1. The van der Waals surface area contributed by atoms with Gasteiger partial charge in [0.2, 0.25) is 0 Å². The minimum absolute atomic E-state index is 0.208. The summed E-state index contributed by atoms with van der Waals surface area (Å²) in [6.45, 7) is 10.2. The van der Waals surface area contributed by atoms with Crippen molar-refractivity contribution in [2.45, 2.75) is 46.6 Å². The number of hydrogen-bond acceptors (Lipinski definition) is 3. The first kappa shape index (κ1) is 13.7. The van der Waals surface area contributed by atoms with Gasteiger partial charge in [-0.3, -0.25) is 9.69 Å². The minimum Gasteiger partial charge on any atom is -0.393 e. The van der Waals surface area contributed by atoms with Crippen molar-refractivity contribution in [1.29, 1.82) is 0 Å². The average molecular weight is 227 g/mol. The van der Waals surface area contributed by atoms with Crippen molar-refractivity contribution in [2.75, 3.05) is 19.6 Å². The van der Waals surface area contributed by atoms with Crippen LogP contribution < -0.4 is 0 Å². The zero-order valence-corrected chi connectivity index (χ0v) is 11.0. The molecule has 0 aromatic heterocycles. The molecule has 1 rings (SSSR count). The number of likely N-dealkylation sites (tertiary alicyclic amines) is 1. The van der Waals surface area contributed by atoms with Gasteiger partial charge in [0.15, 0.2) is 5.78 Å². The molecule has 16 heavy (non-hydrogen) atoms. The minimum atomic E-state index is -0.235. The molecule has 1 fully saturated rings. The van der Waals surface area contributed by atoms with Crippen molar-refractivity contribution in [3.05, 3.63) is 0 Å². The lowest BCUT2D eigenvalue weighted by atomic mass is 9.88. The fraction of sp³-hybridized carbons (Fsp3) is 0.923. The van der Waals surface area contributed by atoms with Crippen LogP contribution in [-0.4, -0.2) is 41.5 Å². The largest absolute Gasteiger partial charge is 0.393 e. The Labute approximate surface area is 98.8 Å². The summed E-state index contributed by atoms with van der Waals surface area (Å²) in [5.74, 6) is 0.726. The molecule has 0 amide bonds. The average Bonchev–Trinajstić information content (AvgIpc) is 2.17. The number of carbonyl (C=O) groups excluding carboxylic acids is 1. The molecule has 1 N–H and O–H groups in total. The highest BCUT2D eigenvalue weighted by molar-refractivity contribution is 5.85. The van der Waals surface area contributed by atoms with Crippen LogP contribution >= 0.6 is 0 Å². The predicted molar refractivity (Wildman–Crippen MR) is 65.3 cm³/mol. The lowest BCUT2D eigenvalue weighted by Crippen LogP contribution is -2.42. The van der Waals surface area contributed by atoms with Crippen LogP contribution in [0.2, 0.25) is 0 Å². The van der Waals surface area contributed by atoms with E-state index in [0.29, 0.717) is 18.2 Å². The van der Waals surface area contributed by atoms with Gasteiger partial charge in [0.05, 0.1) is 12.6 Å². The molecule has 94 valence electrons. The van der Waals surface area contributed by atoms with E-state index in [0.717, 1.165) is 25.9 Å². The van der Waals surface area contributed by atoms with Crippen molar-refractivity contribution in [3.8, 4) is 0 Å². The maximum absolute atomic E-state index is 11.9. The molecule has 1 heterocycles. The standard InChI is InChI=1S/C13H25NO2/c1-10(15)11-5-7-14(8-6-11)9-12(16)13(2,3)4/h10-11,15H,5-9H2,1-4H3. The third-order valence-electron chi connectivity index (χ3n) is 3.52. The molecule has 0 aromatic rings. The number of nitrogens with zero attached hydrogens (tertiary/aromatic N) is 1. The first-order valence-electron chi connectivity index (χ1n) is 6.24. The van der Waals surface area contributed by atoms with Crippen LogP contribution in [0.15, 0.2) is 0 Å². The molecular formula is C13H25NO2. The summed E-state index contributed by atoms with van der Waals surface area (Å²) in [7, 11) is 0. The monoisotopic (exact) mass is 227 g/mol. The summed E-state index contributed by atoms with van der Waals surface area (Å²) in [4.78, 5) is 14.1. The van der Waals surface area contributed by atoms with Crippen LogP contribution in [0.1, 0.15) is 40.5 Å². The Morgan fingerprint density at radius 2 is 1.88 bits per heavy atom. The number of ketones is 1. The van der Waals surface area contributed by atoms with Gasteiger partial charge >= 0.3 is 0 Å². The Hall–Kier alpha value is -0.410. The third kappa shape index (κ3) is 3.87. The Kier molecular flexibility index (Phi) is 4.51. The van der Waals surface area contributed by atoms with Crippen molar-refractivity contribution in [3.63, 3.8) is 0 Å². The van der Waals surface area contributed by atoms with Crippen molar-refractivity contribution < 1.29 is 9.90 Å². The molecule has 0 bridgehead atoms. The number of piperidine rings is 1. The van der Waals surface area contributed by atoms with Gasteiger partial charge in [0, 0.05) is 5.41 Å². The fourth-order valence-electron chi connectivity index (χ4n) is 2.03. The van der Waals surface area contributed by atoms with Crippen LogP contribution in [0.3, 0.4) is 0 Å². The molecule has 0 spiro atoms. The number of rotatable bonds is 3. The van der Waals surface area contributed by atoms with Crippen molar-refractivity contribution in [2.24, 2.45) is 11.3 Å². The lowest BCUT2D eigenvalue weighted by molar-refractivity contribution is -0.127. The van der Waals surface area contributed by atoms with E-state index in [9.17, 15) is 9.90 Å². The zero-order valence-electron chi connectivity index (χ0n) is 11.0. The number of aliphatic hydroxyl groups is 1. The summed E-state index contributed by atoms with van der Waals surface area (Å²) in [6.07, 6.45) is 1.81. The molecule has 0 aliphatic carbocycles. The Morgan fingerprint density at radius 3 is 2.25 bits per heavy atom. The van der Waals surface area contributed by atoms with Gasteiger partial charge in [-0.25, -0.2) is 0 Å². The first-order chi connectivity index (χ1) is 7.30. The molecule has 1 aliphatic heterocycles. The quantitative estimate of drug-likeness (QED) is 0.797. The molecule has 0 aromatic carbocycles. The highest BCUT2D eigenvalue weighted by atomic mass is 16.3. The van der Waals surface area contributed by atoms with Gasteiger partial charge < -0.3 is 5.11 Å². The van der Waals surface area contributed by atoms with E-state index in [2.05, 4.69) is 4.90 Å². The Bertz CT molecular complexity index is 235. The zero-order chi connectivity index (χ0) is 12.3. The van der Waals surface area contributed by atoms with Crippen LogP contribution in [0.25, 0.3) is 0 Å². The molecule has 0 radical (unpaired) electrons. The molecule has 1 saturated heterocycles. The number of hydrogen-bond donors (Lipinski definition) is 1. The predicted octanol–water partition coefficient (Wildman–Crippen LogP) is 1.69. The Balaban J connectivity index is 2.35. The van der Waals surface area contributed by atoms with Crippen molar-refractivity contribution in [1.82, 2.24) is 4.90 Å². The SMILES string of the molecule is CC(O)C1CCN(CC(=O)C(C)(C)C)CC1. The van der Waals surface area contributed by atoms with E-state index in [1.165, 1.54) is 0 Å². The summed E-state index contributed by atoms with van der Waals surface area (Å²) in [6, 6.07) is 0. The van der Waals surface area contributed by atoms with Crippen LogP contribution in [0.4, 0.5) is 0 Å². The van der Waals surface area contributed by atoms with E-state index in [1.807, 2.05) is 27.7 Å². The molecule has 1 unspecified atom stereocenters. The van der Waals surface area contributed by atoms with Gasteiger partial charge in [-0.2, -0.15) is 0 Å². The lowest BCUT2D eigenvalue weighted by Gasteiger charge is -2.34. The fourth-order valence-corrected chi connectivity index (χ4v) is 2.03. The first-order valence-corrected chi connectivity index (χ1v) is 6.24. The topological polar surface area (TPSA) is 40.5 Å². The highest BCUT2D eigenvalue weighted by Gasteiger charge is 2.27. The molecule has 0 saturated carbocycles.